The van der Waals surface area contributed by atoms with E-state index < -0.39 is 18.8 Å². The van der Waals surface area contributed by atoms with E-state index in [4.69, 9.17) is 25.9 Å². The molecule has 1 aliphatic heterocycles. The predicted molar refractivity (Wildman–Crippen MR) is 193 cm³/mol. The molecule has 6 rings (SSSR count). The molecule has 0 bridgehead atoms. The maximum atomic E-state index is 7.35. The number of benzene rings is 5. The van der Waals surface area contributed by atoms with E-state index >= 15 is 0 Å². The van der Waals surface area contributed by atoms with Crippen LogP contribution in [0.3, 0.4) is 0 Å². The smallest absolute Gasteiger partial charge is 0.532 e. The van der Waals surface area contributed by atoms with Gasteiger partial charge in [0.05, 0.1) is 0 Å². The Morgan fingerprint density at radius 3 is 1.74 bits per heavy atom. The number of nitrogens with zero attached hydrogens (tertiary/aromatic N) is 1. The molecule has 5 heteroatoms. The van der Waals surface area contributed by atoms with Crippen molar-refractivity contribution in [3.05, 3.63) is 166 Å². The summed E-state index contributed by atoms with van der Waals surface area (Å²) in [7, 11) is -0.767. The van der Waals surface area contributed by atoms with E-state index in [0.29, 0.717) is 5.02 Å². The molecule has 0 saturated heterocycles. The molecule has 0 saturated carbocycles. The number of fused-ring (bicyclic) bond motifs is 1. The van der Waals surface area contributed by atoms with Crippen molar-refractivity contribution in [1.29, 1.82) is 0 Å². The Morgan fingerprint density at radius 2 is 1.22 bits per heavy atom. The summed E-state index contributed by atoms with van der Waals surface area (Å²) in [6.07, 6.45) is 1.45. The second-order valence-electron chi connectivity index (χ2n) is 14.1. The largest absolute Gasteiger partial charge is 0.563 e. The molecule has 0 amide bonds. The summed E-state index contributed by atoms with van der Waals surface area (Å²) in [5.74, 6) is 0.771. The third kappa shape index (κ3) is 6.29. The first-order valence-electron chi connectivity index (χ1n) is 15.9. The van der Waals surface area contributed by atoms with Gasteiger partial charge in [0, 0.05) is 16.8 Å². The monoisotopic (exact) mass is 625 g/mol. The molecule has 0 aromatic heterocycles. The molecule has 0 aliphatic carbocycles. The predicted octanol–water partition coefficient (Wildman–Crippen LogP) is 9.84. The molecule has 3 nitrogen and oxygen atoms in total. The van der Waals surface area contributed by atoms with E-state index in [1.807, 2.05) is 48.7 Å². The van der Waals surface area contributed by atoms with Crippen molar-refractivity contribution in [2.24, 2.45) is 4.99 Å². The van der Waals surface area contributed by atoms with Crippen LogP contribution in [0, 0.1) is 0 Å². The van der Waals surface area contributed by atoms with E-state index in [9.17, 15) is 0 Å². The van der Waals surface area contributed by atoms with E-state index in [0.717, 1.165) is 39.0 Å². The van der Waals surface area contributed by atoms with Crippen LogP contribution >= 0.6 is 11.6 Å². The van der Waals surface area contributed by atoms with Gasteiger partial charge in [-0.15, -0.1) is 0 Å². The molecule has 0 radical (unpaired) electrons. The maximum absolute atomic E-state index is 7.35. The Labute approximate surface area is 279 Å². The number of halogens is 1. The minimum absolute atomic E-state index is 0.0874. The fourth-order valence-corrected chi connectivity index (χ4v) is 6.31. The van der Waals surface area contributed by atoms with Gasteiger partial charge in [0.25, 0.3) is 0 Å². The van der Waals surface area contributed by atoms with Gasteiger partial charge in [-0.2, -0.15) is 0 Å². The van der Waals surface area contributed by atoms with Gasteiger partial charge in [-0.25, -0.2) is 0 Å². The summed E-state index contributed by atoms with van der Waals surface area (Å²) in [4.78, 5) is 5.65. The molecule has 5 aromatic rings. The molecule has 0 spiro atoms. The molecule has 5 aromatic carbocycles. The van der Waals surface area contributed by atoms with Crippen molar-refractivity contribution < 1.29 is 9.31 Å². The first-order valence-corrected chi connectivity index (χ1v) is 16.3. The van der Waals surface area contributed by atoms with Crippen LogP contribution in [0.25, 0.3) is 0 Å². The summed E-state index contributed by atoms with van der Waals surface area (Å²) in [5, 5.41) is 0.656. The first-order chi connectivity index (χ1) is 22.0. The Kier molecular flexibility index (Phi) is 8.71. The Bertz CT molecular complexity index is 1770. The standard InChI is InChI=1S/C41H41BClNO2/c1-39(2,3)33-26-30-28-44-41(31-18-12-8-13-19-31,32-20-14-9-15-21-32)38(29-16-10-7-11-17-29)46-42(34-22-24-35(43)25-23-34)45-37(30)36(27-33)40(4,5)6/h7-28,38H,1-6H3/t38-/m1/s1. The third-order valence-corrected chi connectivity index (χ3v) is 8.99. The van der Waals surface area contributed by atoms with E-state index in [2.05, 4.69) is 126 Å². The molecular weight excluding hydrogens is 585 g/mol. The molecule has 232 valence electrons. The zero-order valence-electron chi connectivity index (χ0n) is 27.5. The fourth-order valence-electron chi connectivity index (χ4n) is 6.18. The van der Waals surface area contributed by atoms with Gasteiger partial charge >= 0.3 is 7.12 Å². The number of hydrogen-bond donors (Lipinski definition) is 0. The molecule has 1 atom stereocenters. The molecule has 0 N–H and O–H groups in total. The zero-order valence-corrected chi connectivity index (χ0v) is 28.3. The highest BCUT2D eigenvalue weighted by Gasteiger charge is 2.47. The zero-order chi connectivity index (χ0) is 32.5. The lowest BCUT2D eigenvalue weighted by Crippen LogP contribution is -2.45. The molecular formula is C41H41BClNO2. The molecule has 46 heavy (non-hydrogen) atoms. The van der Waals surface area contributed by atoms with Gasteiger partial charge in [0.15, 0.2) is 0 Å². The molecule has 0 fully saturated rings. The van der Waals surface area contributed by atoms with Crippen molar-refractivity contribution in [3.8, 4) is 5.75 Å². The number of hydrogen-bond acceptors (Lipinski definition) is 3. The SMILES string of the molecule is CC(C)(C)c1cc2c(c(C(C)(C)C)c1)OB(c1ccc(Cl)cc1)O[C@H](c1ccccc1)C(c1ccccc1)(c1ccccc1)N=C2. The highest BCUT2D eigenvalue weighted by atomic mass is 35.5. The first kappa shape index (κ1) is 31.9. The summed E-state index contributed by atoms with van der Waals surface area (Å²) in [6.45, 7) is 13.4. The minimum atomic E-state index is -0.959. The minimum Gasteiger partial charge on any atom is -0.532 e. The van der Waals surface area contributed by atoms with Crippen LogP contribution in [0.4, 0.5) is 0 Å². The highest BCUT2D eigenvalue weighted by Crippen LogP contribution is 2.48. The normalized spacial score (nSPS) is 16.5. The van der Waals surface area contributed by atoms with Crippen LogP contribution in [-0.4, -0.2) is 13.3 Å². The van der Waals surface area contributed by atoms with Gasteiger partial charge in [0.2, 0.25) is 0 Å². The van der Waals surface area contributed by atoms with Crippen LogP contribution in [-0.2, 0) is 21.0 Å². The van der Waals surface area contributed by atoms with Crippen LogP contribution in [0.5, 0.6) is 5.75 Å². The number of aliphatic imine (C=N–C) groups is 1. The third-order valence-electron chi connectivity index (χ3n) is 8.74. The summed E-state index contributed by atoms with van der Waals surface area (Å²) < 4.78 is 14.5. The van der Waals surface area contributed by atoms with Crippen molar-refractivity contribution in [2.75, 3.05) is 0 Å². The lowest BCUT2D eigenvalue weighted by atomic mass is 9.72. The van der Waals surface area contributed by atoms with Crippen LogP contribution < -0.4 is 10.1 Å². The van der Waals surface area contributed by atoms with Gasteiger partial charge in [-0.1, -0.05) is 162 Å². The van der Waals surface area contributed by atoms with E-state index in [1.165, 1.54) is 5.56 Å². The average Bonchev–Trinajstić information content (AvgIpc) is 3.12. The summed E-state index contributed by atoms with van der Waals surface area (Å²) in [6, 6.07) is 43.6. The second kappa shape index (κ2) is 12.6. The quantitative estimate of drug-likeness (QED) is 0.186. The lowest BCUT2D eigenvalue weighted by molar-refractivity contribution is 0.115. The van der Waals surface area contributed by atoms with Gasteiger partial charge in [0.1, 0.15) is 17.4 Å². The maximum Gasteiger partial charge on any atom is 0.563 e. The van der Waals surface area contributed by atoms with Gasteiger partial charge < -0.3 is 9.31 Å². The summed E-state index contributed by atoms with van der Waals surface area (Å²) in [5.41, 5.74) is 5.89. The topological polar surface area (TPSA) is 30.8 Å². The van der Waals surface area contributed by atoms with E-state index in [-0.39, 0.29) is 10.8 Å². The molecule has 1 heterocycles. The van der Waals surface area contributed by atoms with Crippen molar-refractivity contribution in [2.45, 2.75) is 64.0 Å². The fraction of sp³-hybridized carbons (Fsp3) is 0.244. The van der Waals surface area contributed by atoms with Crippen LogP contribution in [0.2, 0.25) is 5.02 Å². The summed E-state index contributed by atoms with van der Waals surface area (Å²) >= 11 is 6.39. The average molecular weight is 626 g/mol. The van der Waals surface area contributed by atoms with E-state index in [1.54, 1.807) is 0 Å². The van der Waals surface area contributed by atoms with Gasteiger partial charge in [-0.3, -0.25) is 4.99 Å². The second-order valence-corrected chi connectivity index (χ2v) is 14.6. The van der Waals surface area contributed by atoms with Gasteiger partial charge in [-0.05, 0) is 62.3 Å². The Morgan fingerprint density at radius 1 is 0.674 bits per heavy atom. The van der Waals surface area contributed by atoms with Crippen molar-refractivity contribution >= 4 is 30.4 Å². The molecule has 0 unspecified atom stereocenters. The highest BCUT2D eigenvalue weighted by molar-refractivity contribution is 6.62. The molecule has 1 aliphatic rings. The van der Waals surface area contributed by atoms with Crippen molar-refractivity contribution in [3.63, 3.8) is 0 Å². The van der Waals surface area contributed by atoms with Crippen LogP contribution in [0.15, 0.2) is 132 Å². The Hall–Kier alpha value is -4.12. The number of rotatable bonds is 4. The van der Waals surface area contributed by atoms with Crippen LogP contribution in [0.1, 0.15) is 81.0 Å². The lowest BCUT2D eigenvalue weighted by Gasteiger charge is -2.39. The Balaban J connectivity index is 1.74. The van der Waals surface area contributed by atoms with Crippen molar-refractivity contribution in [1.82, 2.24) is 0 Å².